The third-order valence-corrected chi connectivity index (χ3v) is 1.97. The van der Waals surface area contributed by atoms with Crippen molar-refractivity contribution in [2.24, 2.45) is 5.92 Å². The van der Waals surface area contributed by atoms with E-state index in [2.05, 4.69) is 0 Å². The number of carboxylic acids is 1. The molecule has 4 heteroatoms. The molecule has 0 aliphatic rings. The van der Waals surface area contributed by atoms with E-state index in [-0.39, 0.29) is 12.8 Å². The number of rotatable bonds is 5. The van der Waals surface area contributed by atoms with E-state index in [1.807, 2.05) is 0 Å². The molecule has 1 N–H and O–H groups in total. The Kier molecular flexibility index (Phi) is 3.45. The molecule has 1 heterocycles. The lowest BCUT2D eigenvalue weighted by molar-refractivity contribution is -0.142. The standard InChI is InChI=1S/C10H12O4/c1-7-2-3-9(14-7)6-8(4-5-11)10(12)13/h2-3,5,8H,4,6H2,1H3,(H,12,13). The lowest BCUT2D eigenvalue weighted by Gasteiger charge is -2.05. The summed E-state index contributed by atoms with van der Waals surface area (Å²) in [5, 5.41) is 8.77. The van der Waals surface area contributed by atoms with Crippen molar-refractivity contribution in [3.05, 3.63) is 23.7 Å². The van der Waals surface area contributed by atoms with Crippen molar-refractivity contribution in [2.45, 2.75) is 19.8 Å². The Morgan fingerprint density at radius 1 is 1.64 bits per heavy atom. The molecule has 1 rings (SSSR count). The van der Waals surface area contributed by atoms with Crippen LogP contribution in [0.2, 0.25) is 0 Å². The molecule has 0 saturated heterocycles. The highest BCUT2D eigenvalue weighted by Crippen LogP contribution is 2.14. The summed E-state index contributed by atoms with van der Waals surface area (Å²) < 4.78 is 5.23. The van der Waals surface area contributed by atoms with Gasteiger partial charge in [-0.05, 0) is 19.1 Å². The van der Waals surface area contributed by atoms with Crippen molar-refractivity contribution in [3.63, 3.8) is 0 Å². The van der Waals surface area contributed by atoms with Gasteiger partial charge in [0, 0.05) is 12.8 Å². The first-order valence-corrected chi connectivity index (χ1v) is 4.35. The second-order valence-electron chi connectivity index (χ2n) is 3.15. The molecule has 4 nitrogen and oxygen atoms in total. The van der Waals surface area contributed by atoms with E-state index in [1.54, 1.807) is 19.1 Å². The predicted molar refractivity (Wildman–Crippen MR) is 49.0 cm³/mol. The molecule has 1 aromatic heterocycles. The first-order chi connectivity index (χ1) is 6.63. The zero-order chi connectivity index (χ0) is 10.6. The number of furan rings is 1. The summed E-state index contributed by atoms with van der Waals surface area (Å²) in [6.45, 7) is 1.79. The fourth-order valence-corrected chi connectivity index (χ4v) is 1.23. The van der Waals surface area contributed by atoms with Crippen LogP contribution in [0.1, 0.15) is 17.9 Å². The molecule has 0 radical (unpaired) electrons. The number of aliphatic carboxylic acids is 1. The molecule has 76 valence electrons. The molecule has 0 saturated carbocycles. The van der Waals surface area contributed by atoms with Crippen molar-refractivity contribution in [2.75, 3.05) is 0 Å². The molecule has 14 heavy (non-hydrogen) atoms. The number of carboxylic acid groups (broad SMARTS) is 1. The van der Waals surface area contributed by atoms with E-state index in [4.69, 9.17) is 9.52 Å². The van der Waals surface area contributed by atoms with Crippen LogP contribution in [0.25, 0.3) is 0 Å². The number of hydrogen-bond donors (Lipinski definition) is 1. The lowest BCUT2D eigenvalue weighted by atomic mass is 10.0. The fraction of sp³-hybridized carbons (Fsp3) is 0.400. The van der Waals surface area contributed by atoms with Crippen molar-refractivity contribution < 1.29 is 19.1 Å². The molecule has 0 aliphatic heterocycles. The highest BCUT2D eigenvalue weighted by Gasteiger charge is 2.18. The second-order valence-corrected chi connectivity index (χ2v) is 3.15. The molecular formula is C10H12O4. The third-order valence-electron chi connectivity index (χ3n) is 1.97. The van der Waals surface area contributed by atoms with Crippen LogP contribution in [0.15, 0.2) is 16.5 Å². The highest BCUT2D eigenvalue weighted by atomic mass is 16.4. The first kappa shape index (κ1) is 10.5. The van der Waals surface area contributed by atoms with Crippen molar-refractivity contribution in [3.8, 4) is 0 Å². The van der Waals surface area contributed by atoms with Crippen molar-refractivity contribution in [1.82, 2.24) is 0 Å². The maximum Gasteiger partial charge on any atom is 0.307 e. The van der Waals surface area contributed by atoms with Crippen LogP contribution in [-0.4, -0.2) is 17.4 Å². The maximum absolute atomic E-state index is 10.7. The minimum atomic E-state index is -0.967. The van der Waals surface area contributed by atoms with E-state index in [0.717, 1.165) is 5.76 Å². The van der Waals surface area contributed by atoms with Gasteiger partial charge in [0.2, 0.25) is 0 Å². The average molecular weight is 196 g/mol. The quantitative estimate of drug-likeness (QED) is 0.723. The number of hydrogen-bond acceptors (Lipinski definition) is 3. The normalized spacial score (nSPS) is 12.4. The van der Waals surface area contributed by atoms with Crippen LogP contribution < -0.4 is 0 Å². The van der Waals surface area contributed by atoms with Crippen molar-refractivity contribution >= 4 is 12.3 Å². The summed E-state index contributed by atoms with van der Waals surface area (Å²) in [5.74, 6) is -0.295. The van der Waals surface area contributed by atoms with E-state index in [1.165, 1.54) is 0 Å². The summed E-state index contributed by atoms with van der Waals surface area (Å²) in [6.07, 6.45) is 0.908. The first-order valence-electron chi connectivity index (χ1n) is 4.35. The number of carbonyl (C=O) groups excluding carboxylic acids is 1. The SMILES string of the molecule is Cc1ccc(CC(CC=O)C(=O)O)o1. The van der Waals surface area contributed by atoms with Crippen LogP contribution in [-0.2, 0) is 16.0 Å². The molecule has 0 fully saturated rings. The van der Waals surface area contributed by atoms with Gasteiger partial charge in [0.25, 0.3) is 0 Å². The van der Waals surface area contributed by atoms with Gasteiger partial charge in [0.1, 0.15) is 17.8 Å². The third kappa shape index (κ3) is 2.73. The average Bonchev–Trinajstić information content (AvgIpc) is 2.50. The molecule has 0 amide bonds. The summed E-state index contributed by atoms with van der Waals surface area (Å²) in [7, 11) is 0. The smallest absolute Gasteiger partial charge is 0.307 e. The largest absolute Gasteiger partial charge is 0.481 e. The molecule has 0 aliphatic carbocycles. The van der Waals surface area contributed by atoms with Gasteiger partial charge in [-0.15, -0.1) is 0 Å². The summed E-state index contributed by atoms with van der Waals surface area (Å²) in [4.78, 5) is 20.9. The number of carbonyl (C=O) groups is 2. The Morgan fingerprint density at radius 2 is 2.36 bits per heavy atom. The monoisotopic (exact) mass is 196 g/mol. The van der Waals surface area contributed by atoms with E-state index < -0.39 is 11.9 Å². The van der Waals surface area contributed by atoms with E-state index in [9.17, 15) is 9.59 Å². The Labute approximate surface area is 81.5 Å². The molecule has 1 unspecified atom stereocenters. The molecule has 0 aromatic carbocycles. The summed E-state index contributed by atoms with van der Waals surface area (Å²) in [6, 6.07) is 3.51. The number of aldehydes is 1. The van der Waals surface area contributed by atoms with E-state index >= 15 is 0 Å². The van der Waals surface area contributed by atoms with Gasteiger partial charge in [0.05, 0.1) is 5.92 Å². The Hall–Kier alpha value is -1.58. The van der Waals surface area contributed by atoms with Gasteiger partial charge in [-0.2, -0.15) is 0 Å². The maximum atomic E-state index is 10.7. The second kappa shape index (κ2) is 4.60. The fourth-order valence-electron chi connectivity index (χ4n) is 1.23. The molecule has 1 atom stereocenters. The van der Waals surface area contributed by atoms with Gasteiger partial charge in [-0.1, -0.05) is 0 Å². The molecule has 1 aromatic rings. The van der Waals surface area contributed by atoms with Crippen LogP contribution >= 0.6 is 0 Å². The minimum absolute atomic E-state index is 0.0229. The van der Waals surface area contributed by atoms with Crippen LogP contribution in [0.5, 0.6) is 0 Å². The zero-order valence-corrected chi connectivity index (χ0v) is 7.90. The van der Waals surface area contributed by atoms with Crippen LogP contribution in [0.3, 0.4) is 0 Å². The van der Waals surface area contributed by atoms with Crippen molar-refractivity contribution in [1.29, 1.82) is 0 Å². The zero-order valence-electron chi connectivity index (χ0n) is 7.90. The predicted octanol–water partition coefficient (Wildman–Crippen LogP) is 1.42. The minimum Gasteiger partial charge on any atom is -0.481 e. The molecule has 0 bridgehead atoms. The number of aryl methyl sites for hydroxylation is 1. The van der Waals surface area contributed by atoms with Gasteiger partial charge >= 0.3 is 5.97 Å². The highest BCUT2D eigenvalue weighted by molar-refractivity contribution is 5.73. The van der Waals surface area contributed by atoms with E-state index in [0.29, 0.717) is 12.0 Å². The van der Waals surface area contributed by atoms with Crippen LogP contribution in [0, 0.1) is 12.8 Å². The topological polar surface area (TPSA) is 67.5 Å². The van der Waals surface area contributed by atoms with Gasteiger partial charge in [-0.25, -0.2) is 0 Å². The summed E-state index contributed by atoms with van der Waals surface area (Å²) in [5.41, 5.74) is 0. The molecule has 0 spiro atoms. The Bertz CT molecular complexity index is 327. The van der Waals surface area contributed by atoms with Gasteiger partial charge in [0.15, 0.2) is 0 Å². The Balaban J connectivity index is 2.64. The van der Waals surface area contributed by atoms with Gasteiger partial charge < -0.3 is 14.3 Å². The Morgan fingerprint density at radius 3 is 2.79 bits per heavy atom. The lowest BCUT2D eigenvalue weighted by Crippen LogP contribution is -2.16. The van der Waals surface area contributed by atoms with Crippen LogP contribution in [0.4, 0.5) is 0 Å². The summed E-state index contributed by atoms with van der Waals surface area (Å²) >= 11 is 0. The van der Waals surface area contributed by atoms with Gasteiger partial charge in [-0.3, -0.25) is 4.79 Å². The molecular weight excluding hydrogens is 184 g/mol.